The molecule has 0 aliphatic carbocycles. The number of guanidine groups is 1. The van der Waals surface area contributed by atoms with Crippen LogP contribution in [0.1, 0.15) is 0 Å². The summed E-state index contributed by atoms with van der Waals surface area (Å²) in [6, 6.07) is -0.777. The second kappa shape index (κ2) is 2.17. The first kappa shape index (κ1) is 5.61. The molecule has 0 bridgehead atoms. The summed E-state index contributed by atoms with van der Waals surface area (Å²) in [6.45, 7) is 0. The fraction of sp³-hybridized carbons (Fsp3) is 0. The quantitative estimate of drug-likeness (QED) is 0.467. The average Bonchev–Trinajstić information content (AvgIpc) is 2.15. The molecule has 1 aliphatic heterocycles. The molecule has 5 heteroatoms. The Labute approximate surface area is 51.0 Å². The van der Waals surface area contributed by atoms with Gasteiger partial charge >= 0.3 is 6.03 Å². The molecule has 2 amide bonds. The number of amides is 2. The molecule has 5 nitrogen and oxygen atoms in total. The van der Waals surface area contributed by atoms with E-state index in [0.717, 1.165) is 0 Å². The summed E-state index contributed by atoms with van der Waals surface area (Å²) in [5, 5.41) is 0. The van der Waals surface area contributed by atoms with Crippen molar-refractivity contribution in [2.24, 2.45) is 20.7 Å². The van der Waals surface area contributed by atoms with Gasteiger partial charge in [0, 0.05) is 12.4 Å². The number of carbonyl (C=O) groups excluding carboxylic acids is 1. The molecule has 0 unspecified atom stereocenters. The van der Waals surface area contributed by atoms with E-state index in [2.05, 4.69) is 15.0 Å². The maximum absolute atomic E-state index is 10.0. The summed E-state index contributed by atoms with van der Waals surface area (Å²) in [6.07, 6.45) is 2.86. The molecule has 0 fully saturated rings. The van der Waals surface area contributed by atoms with Crippen LogP contribution in [0.2, 0.25) is 0 Å². The highest BCUT2D eigenvalue weighted by atomic mass is 16.2. The lowest BCUT2D eigenvalue weighted by atomic mass is 10.9. The third-order valence-electron chi connectivity index (χ3n) is 0.657. The van der Waals surface area contributed by atoms with Gasteiger partial charge in [0.15, 0.2) is 0 Å². The molecule has 0 aromatic rings. The third-order valence-corrected chi connectivity index (χ3v) is 0.657. The first-order valence-electron chi connectivity index (χ1n) is 2.24. The topological polar surface area (TPSA) is 80.2 Å². The zero-order valence-corrected chi connectivity index (χ0v) is 4.48. The lowest BCUT2D eigenvalue weighted by molar-refractivity contribution is 0.256. The minimum Gasteiger partial charge on any atom is -0.350 e. The molecule has 2 N–H and O–H groups in total. The van der Waals surface area contributed by atoms with E-state index in [1.54, 1.807) is 0 Å². The second-order valence-corrected chi connectivity index (χ2v) is 1.31. The van der Waals surface area contributed by atoms with Crippen molar-refractivity contribution in [3.63, 3.8) is 0 Å². The Bertz CT molecular complexity index is 201. The monoisotopic (exact) mass is 124 g/mol. The van der Waals surface area contributed by atoms with Crippen LogP contribution in [0.25, 0.3) is 0 Å². The van der Waals surface area contributed by atoms with Gasteiger partial charge in [-0.3, -0.25) is 0 Å². The molecule has 1 rings (SSSR count). The number of primary amides is 1. The predicted molar refractivity (Wildman–Crippen MR) is 34.0 cm³/mol. The summed E-state index contributed by atoms with van der Waals surface area (Å²) in [7, 11) is 0. The van der Waals surface area contributed by atoms with Crippen molar-refractivity contribution in [3.05, 3.63) is 0 Å². The van der Waals surface area contributed by atoms with E-state index in [1.807, 2.05) is 0 Å². The lowest BCUT2D eigenvalue weighted by Crippen LogP contribution is -2.06. The van der Waals surface area contributed by atoms with Gasteiger partial charge in [0.1, 0.15) is 0 Å². The van der Waals surface area contributed by atoms with Crippen molar-refractivity contribution in [1.29, 1.82) is 0 Å². The molecule has 0 saturated carbocycles. The van der Waals surface area contributed by atoms with Gasteiger partial charge in [-0.05, 0) is 0 Å². The molecule has 9 heavy (non-hydrogen) atoms. The maximum atomic E-state index is 10.0. The summed E-state index contributed by atoms with van der Waals surface area (Å²) in [5.41, 5.74) is 4.70. The Hall–Kier alpha value is -1.52. The molecule has 0 aromatic carbocycles. The van der Waals surface area contributed by atoms with E-state index in [9.17, 15) is 4.79 Å². The van der Waals surface area contributed by atoms with E-state index < -0.39 is 6.03 Å². The van der Waals surface area contributed by atoms with Gasteiger partial charge in [0.2, 0.25) is 0 Å². The van der Waals surface area contributed by atoms with E-state index in [-0.39, 0.29) is 5.96 Å². The number of hydrogen-bond donors (Lipinski definition) is 1. The number of rotatable bonds is 0. The fourth-order valence-corrected chi connectivity index (χ4v) is 0.390. The lowest BCUT2D eigenvalue weighted by Gasteiger charge is -1.81. The minimum atomic E-state index is -0.777. The largest absolute Gasteiger partial charge is 0.350 e. The Morgan fingerprint density at radius 2 is 2.11 bits per heavy atom. The summed E-state index contributed by atoms with van der Waals surface area (Å²) < 4.78 is 0. The first-order chi connectivity index (χ1) is 4.29. The molecular formula is C4H4N4O. The Morgan fingerprint density at radius 1 is 1.56 bits per heavy atom. The molecular weight excluding hydrogens is 120 g/mol. The minimum absolute atomic E-state index is 0.113. The zero-order chi connectivity index (χ0) is 6.69. The van der Waals surface area contributed by atoms with Crippen LogP contribution >= 0.6 is 0 Å². The van der Waals surface area contributed by atoms with Crippen LogP contribution in [0.3, 0.4) is 0 Å². The summed E-state index contributed by atoms with van der Waals surface area (Å²) in [5.74, 6) is 0.113. The molecule has 0 radical (unpaired) electrons. The van der Waals surface area contributed by atoms with Crippen molar-refractivity contribution < 1.29 is 4.79 Å². The van der Waals surface area contributed by atoms with Gasteiger partial charge in [-0.15, -0.1) is 0 Å². The van der Waals surface area contributed by atoms with Crippen LogP contribution in [-0.4, -0.2) is 24.4 Å². The SMILES string of the molecule is NC(=O)N=C1N=CC=N1. The van der Waals surface area contributed by atoms with Crippen LogP contribution < -0.4 is 5.73 Å². The van der Waals surface area contributed by atoms with Gasteiger partial charge in [0.05, 0.1) is 0 Å². The molecule has 0 spiro atoms. The Morgan fingerprint density at radius 3 is 2.56 bits per heavy atom. The number of carbonyl (C=O) groups is 1. The van der Waals surface area contributed by atoms with Crippen molar-refractivity contribution in [2.75, 3.05) is 0 Å². The second-order valence-electron chi connectivity index (χ2n) is 1.31. The molecule has 1 aliphatic rings. The van der Waals surface area contributed by atoms with Crippen molar-refractivity contribution in [3.8, 4) is 0 Å². The van der Waals surface area contributed by atoms with E-state index in [4.69, 9.17) is 5.73 Å². The van der Waals surface area contributed by atoms with Crippen LogP contribution in [0.15, 0.2) is 15.0 Å². The Kier molecular flexibility index (Phi) is 1.35. The number of nitrogens with two attached hydrogens (primary N) is 1. The van der Waals surface area contributed by atoms with E-state index in [1.165, 1.54) is 12.4 Å². The number of nitrogens with zero attached hydrogens (tertiary/aromatic N) is 3. The highest BCUT2D eigenvalue weighted by Gasteiger charge is 1.96. The summed E-state index contributed by atoms with van der Waals surface area (Å²) >= 11 is 0. The molecule has 0 saturated heterocycles. The van der Waals surface area contributed by atoms with Crippen LogP contribution in [-0.2, 0) is 0 Å². The standard InChI is InChI=1S/C4H4N4O/c5-3(9)8-4-6-1-2-7-4/h1-2H,(H2,5,9). The van der Waals surface area contributed by atoms with Crippen molar-refractivity contribution in [2.45, 2.75) is 0 Å². The molecule has 0 atom stereocenters. The summed E-state index contributed by atoms with van der Waals surface area (Å²) in [4.78, 5) is 20.4. The fourth-order valence-electron chi connectivity index (χ4n) is 0.390. The average molecular weight is 124 g/mol. The highest BCUT2D eigenvalue weighted by Crippen LogP contribution is 1.86. The molecule has 1 heterocycles. The van der Waals surface area contributed by atoms with E-state index >= 15 is 0 Å². The van der Waals surface area contributed by atoms with E-state index in [0.29, 0.717) is 0 Å². The maximum Gasteiger partial charge on any atom is 0.341 e. The van der Waals surface area contributed by atoms with Crippen LogP contribution in [0.5, 0.6) is 0 Å². The van der Waals surface area contributed by atoms with Gasteiger partial charge < -0.3 is 5.73 Å². The Balaban J connectivity index is 2.73. The van der Waals surface area contributed by atoms with Gasteiger partial charge in [-0.2, -0.15) is 4.99 Å². The van der Waals surface area contributed by atoms with Crippen LogP contribution in [0.4, 0.5) is 4.79 Å². The van der Waals surface area contributed by atoms with Crippen molar-refractivity contribution >= 4 is 24.4 Å². The smallest absolute Gasteiger partial charge is 0.341 e. The number of aliphatic imine (C=N–C) groups is 3. The predicted octanol–water partition coefficient (Wildman–Crippen LogP) is -0.424. The first-order valence-corrected chi connectivity index (χ1v) is 2.24. The normalized spacial score (nSPS) is 14.4. The number of urea groups is 1. The third kappa shape index (κ3) is 1.45. The van der Waals surface area contributed by atoms with Gasteiger partial charge in [0.25, 0.3) is 5.96 Å². The van der Waals surface area contributed by atoms with Gasteiger partial charge in [-0.25, -0.2) is 14.8 Å². The van der Waals surface area contributed by atoms with Crippen LogP contribution in [0, 0.1) is 0 Å². The zero-order valence-electron chi connectivity index (χ0n) is 4.48. The number of hydrogen-bond acceptors (Lipinski definition) is 1. The molecule has 0 aromatic heterocycles. The molecule has 46 valence electrons. The van der Waals surface area contributed by atoms with Gasteiger partial charge in [-0.1, -0.05) is 0 Å². The highest BCUT2D eigenvalue weighted by molar-refractivity contribution is 6.26. The van der Waals surface area contributed by atoms with Crippen molar-refractivity contribution in [1.82, 2.24) is 0 Å².